The Kier molecular flexibility index (Phi) is 3.60. The number of nitrogens with zero attached hydrogens (tertiary/aromatic N) is 1. The van der Waals surface area contributed by atoms with Crippen LogP contribution in [-0.2, 0) is 0 Å². The van der Waals surface area contributed by atoms with Crippen LogP contribution in [0.15, 0.2) is 66.2 Å². The molecule has 0 radical (unpaired) electrons. The summed E-state index contributed by atoms with van der Waals surface area (Å²) < 4.78 is 5.23. The van der Waals surface area contributed by atoms with E-state index >= 15 is 0 Å². The van der Waals surface area contributed by atoms with Gasteiger partial charge in [-0.15, -0.1) is 0 Å². The SMILES string of the molecule is O=[N+]([O-])c1ccc(/C([O-])=C/C2=C(O)Oc3ccccc3N2)cc1. The van der Waals surface area contributed by atoms with Gasteiger partial charge in [0.25, 0.3) is 5.69 Å². The summed E-state index contributed by atoms with van der Waals surface area (Å²) in [5, 5.41) is 35.5. The zero-order valence-corrected chi connectivity index (χ0v) is 11.7. The van der Waals surface area contributed by atoms with Gasteiger partial charge in [0.1, 0.15) is 5.70 Å². The normalized spacial score (nSPS) is 13.8. The Balaban J connectivity index is 1.87. The average molecular weight is 311 g/mol. The van der Waals surface area contributed by atoms with Gasteiger partial charge in [-0.2, -0.15) is 0 Å². The summed E-state index contributed by atoms with van der Waals surface area (Å²) >= 11 is 0. The molecule has 0 unspecified atom stereocenters. The Morgan fingerprint density at radius 3 is 2.57 bits per heavy atom. The summed E-state index contributed by atoms with van der Waals surface area (Å²) in [4.78, 5) is 10.1. The molecule has 1 aliphatic rings. The Bertz CT molecular complexity index is 825. The van der Waals surface area contributed by atoms with Crippen LogP contribution in [-0.4, -0.2) is 10.0 Å². The summed E-state index contributed by atoms with van der Waals surface area (Å²) in [6.45, 7) is 0. The van der Waals surface area contributed by atoms with E-state index < -0.39 is 16.6 Å². The predicted octanol–water partition coefficient (Wildman–Crippen LogP) is 2.53. The number of nitrogens with one attached hydrogen (secondary N) is 1. The highest BCUT2D eigenvalue weighted by Gasteiger charge is 2.16. The molecule has 2 N–H and O–H groups in total. The molecule has 116 valence electrons. The molecule has 0 amide bonds. The van der Waals surface area contributed by atoms with Crippen LogP contribution in [0.2, 0.25) is 0 Å². The van der Waals surface area contributed by atoms with Crippen LogP contribution in [0.4, 0.5) is 11.4 Å². The lowest BCUT2D eigenvalue weighted by Crippen LogP contribution is -2.14. The van der Waals surface area contributed by atoms with Crippen molar-refractivity contribution in [1.82, 2.24) is 0 Å². The molecule has 7 nitrogen and oxygen atoms in total. The van der Waals surface area contributed by atoms with Gasteiger partial charge >= 0.3 is 5.95 Å². The molecule has 3 rings (SSSR count). The van der Waals surface area contributed by atoms with E-state index in [1.165, 1.54) is 30.3 Å². The quantitative estimate of drug-likeness (QED) is 0.512. The fourth-order valence-electron chi connectivity index (χ4n) is 2.08. The van der Waals surface area contributed by atoms with E-state index in [1.54, 1.807) is 24.3 Å². The standard InChI is InChI=1S/C16H12N2O5/c19-14(10-5-7-11(8-6-10)18(21)22)9-13-16(20)23-15-4-2-1-3-12(15)17-13/h1-9,17,19-20H/p-1/b14-9-. The highest BCUT2D eigenvalue weighted by atomic mass is 16.6. The minimum absolute atomic E-state index is 0.100. The summed E-state index contributed by atoms with van der Waals surface area (Å²) in [6.07, 6.45) is 1.17. The number of hydrogen-bond donors (Lipinski definition) is 2. The third kappa shape index (κ3) is 2.93. The Morgan fingerprint density at radius 2 is 1.87 bits per heavy atom. The van der Waals surface area contributed by atoms with Crippen molar-refractivity contribution in [2.24, 2.45) is 0 Å². The number of rotatable bonds is 3. The molecule has 7 heteroatoms. The maximum atomic E-state index is 12.2. The number of ether oxygens (including phenoxy) is 1. The number of benzene rings is 2. The maximum Gasteiger partial charge on any atom is 0.307 e. The molecule has 0 fully saturated rings. The second kappa shape index (κ2) is 5.72. The number of nitro benzene ring substituents is 1. The molecular formula is C16H11N2O5-. The van der Waals surface area contributed by atoms with Crippen LogP contribution in [0.5, 0.6) is 5.75 Å². The van der Waals surface area contributed by atoms with E-state index in [4.69, 9.17) is 4.74 Å². The lowest BCUT2D eigenvalue weighted by molar-refractivity contribution is -0.384. The fourth-order valence-corrected chi connectivity index (χ4v) is 2.08. The van der Waals surface area contributed by atoms with Gasteiger partial charge < -0.3 is 20.3 Å². The molecule has 2 aromatic rings. The molecule has 0 aromatic heterocycles. The molecule has 0 atom stereocenters. The van der Waals surface area contributed by atoms with E-state index in [0.29, 0.717) is 11.4 Å². The largest absolute Gasteiger partial charge is 0.872 e. The van der Waals surface area contributed by atoms with Crippen LogP contribution < -0.4 is 15.2 Å². The number of anilines is 1. The van der Waals surface area contributed by atoms with Gasteiger partial charge in [-0.05, 0) is 35.9 Å². The van der Waals surface area contributed by atoms with Crippen LogP contribution in [0.3, 0.4) is 0 Å². The molecule has 0 aliphatic carbocycles. The summed E-state index contributed by atoms with van der Waals surface area (Å²) in [6, 6.07) is 12.2. The van der Waals surface area contributed by atoms with Gasteiger partial charge in [0, 0.05) is 12.1 Å². The van der Waals surface area contributed by atoms with Crippen molar-refractivity contribution in [2.45, 2.75) is 0 Å². The second-order valence-electron chi connectivity index (χ2n) is 4.75. The fraction of sp³-hybridized carbons (Fsp3) is 0. The number of hydrogen-bond acceptors (Lipinski definition) is 6. The molecule has 1 aliphatic heterocycles. The van der Waals surface area contributed by atoms with E-state index in [1.807, 2.05) is 0 Å². The molecular weight excluding hydrogens is 300 g/mol. The minimum Gasteiger partial charge on any atom is -0.872 e. The van der Waals surface area contributed by atoms with Crippen molar-refractivity contribution < 1.29 is 19.9 Å². The zero-order valence-electron chi connectivity index (χ0n) is 11.7. The molecule has 23 heavy (non-hydrogen) atoms. The van der Waals surface area contributed by atoms with Gasteiger partial charge in [-0.3, -0.25) is 10.1 Å². The highest BCUT2D eigenvalue weighted by molar-refractivity contribution is 5.68. The second-order valence-corrected chi connectivity index (χ2v) is 4.75. The van der Waals surface area contributed by atoms with Crippen molar-refractivity contribution in [3.63, 3.8) is 0 Å². The van der Waals surface area contributed by atoms with Gasteiger partial charge in [0.05, 0.1) is 10.6 Å². The smallest absolute Gasteiger partial charge is 0.307 e. The van der Waals surface area contributed by atoms with Gasteiger partial charge in [0.15, 0.2) is 5.75 Å². The van der Waals surface area contributed by atoms with Crippen molar-refractivity contribution in [2.75, 3.05) is 5.32 Å². The lowest BCUT2D eigenvalue weighted by atomic mass is 10.1. The Labute approximate surface area is 130 Å². The third-order valence-electron chi connectivity index (χ3n) is 3.23. The zero-order chi connectivity index (χ0) is 16.4. The topological polar surface area (TPSA) is 108 Å². The number of para-hydroxylation sites is 2. The molecule has 2 aromatic carbocycles. The monoisotopic (exact) mass is 311 g/mol. The number of aliphatic hydroxyl groups excluding tert-OH is 1. The molecule has 0 spiro atoms. The van der Waals surface area contributed by atoms with Gasteiger partial charge in [-0.25, -0.2) is 0 Å². The van der Waals surface area contributed by atoms with Crippen LogP contribution in [0, 0.1) is 10.1 Å². The number of non-ortho nitro benzene ring substituents is 1. The Morgan fingerprint density at radius 1 is 1.17 bits per heavy atom. The first-order chi connectivity index (χ1) is 11.0. The van der Waals surface area contributed by atoms with Crippen molar-refractivity contribution >= 4 is 17.1 Å². The maximum absolute atomic E-state index is 12.2. The number of fused-ring (bicyclic) bond motifs is 1. The molecule has 0 saturated carbocycles. The van der Waals surface area contributed by atoms with Crippen LogP contribution >= 0.6 is 0 Å². The van der Waals surface area contributed by atoms with Crippen molar-refractivity contribution in [3.05, 3.63) is 81.9 Å². The molecule has 0 saturated heterocycles. The first kappa shape index (κ1) is 14.5. The average Bonchev–Trinajstić information content (AvgIpc) is 2.55. The summed E-state index contributed by atoms with van der Waals surface area (Å²) in [5.41, 5.74) is 0.897. The summed E-state index contributed by atoms with van der Waals surface area (Å²) in [5.74, 6) is -0.388. The predicted molar refractivity (Wildman–Crippen MR) is 81.4 cm³/mol. The van der Waals surface area contributed by atoms with Crippen LogP contribution in [0.25, 0.3) is 5.76 Å². The Hall–Kier alpha value is -3.48. The van der Waals surface area contributed by atoms with E-state index in [0.717, 1.165) is 0 Å². The first-order valence-electron chi connectivity index (χ1n) is 6.65. The first-order valence-corrected chi connectivity index (χ1v) is 6.65. The highest BCUT2D eigenvalue weighted by Crippen LogP contribution is 2.32. The summed E-state index contributed by atoms with van der Waals surface area (Å²) in [7, 11) is 0. The van der Waals surface area contributed by atoms with E-state index in [2.05, 4.69) is 5.32 Å². The molecule has 1 heterocycles. The minimum atomic E-state index is -0.542. The van der Waals surface area contributed by atoms with Crippen LogP contribution in [0.1, 0.15) is 5.56 Å². The number of allylic oxidation sites excluding steroid dienone is 1. The lowest BCUT2D eigenvalue weighted by Gasteiger charge is -2.21. The third-order valence-corrected chi connectivity index (χ3v) is 3.23. The number of aliphatic hydroxyl groups is 1. The number of nitro groups is 1. The van der Waals surface area contributed by atoms with E-state index in [9.17, 15) is 20.3 Å². The van der Waals surface area contributed by atoms with Crippen molar-refractivity contribution in [1.29, 1.82) is 0 Å². The van der Waals surface area contributed by atoms with Gasteiger partial charge in [0.2, 0.25) is 0 Å². The van der Waals surface area contributed by atoms with E-state index in [-0.39, 0.29) is 16.9 Å². The van der Waals surface area contributed by atoms with Gasteiger partial charge in [-0.1, -0.05) is 17.9 Å². The molecule has 0 bridgehead atoms. The van der Waals surface area contributed by atoms with Crippen molar-refractivity contribution in [3.8, 4) is 5.75 Å².